The van der Waals surface area contributed by atoms with E-state index in [0.717, 1.165) is 43.7 Å². The molecular weight excluding hydrogens is 355 g/mol. The number of amides is 1. The number of aromatic amines is 1. The summed E-state index contributed by atoms with van der Waals surface area (Å²) in [6.07, 6.45) is 3.07. The van der Waals surface area contributed by atoms with E-state index in [-0.39, 0.29) is 17.6 Å². The van der Waals surface area contributed by atoms with Crippen LogP contribution in [-0.2, 0) is 11.2 Å². The molecule has 0 radical (unpaired) electrons. The van der Waals surface area contributed by atoms with E-state index in [1.807, 2.05) is 23.1 Å². The van der Waals surface area contributed by atoms with E-state index in [9.17, 15) is 9.18 Å². The molecule has 144 valence electrons. The first-order valence-corrected chi connectivity index (χ1v) is 9.69. The van der Waals surface area contributed by atoms with Crippen molar-refractivity contribution < 1.29 is 9.18 Å². The molecule has 28 heavy (non-hydrogen) atoms. The Morgan fingerprint density at radius 2 is 1.79 bits per heavy atom. The highest BCUT2D eigenvalue weighted by atomic mass is 19.1. The van der Waals surface area contributed by atoms with Crippen LogP contribution in [0, 0.1) is 5.82 Å². The first-order valence-electron chi connectivity index (χ1n) is 9.69. The van der Waals surface area contributed by atoms with Gasteiger partial charge in [-0.1, -0.05) is 30.3 Å². The molecule has 0 aliphatic carbocycles. The maximum Gasteiger partial charge on any atom is 0.222 e. The number of piperidine rings is 1. The second-order valence-electron chi connectivity index (χ2n) is 7.19. The maximum absolute atomic E-state index is 13.1. The largest absolute Gasteiger partial charge is 0.343 e. The summed E-state index contributed by atoms with van der Waals surface area (Å²) in [6, 6.07) is 16.3. The summed E-state index contributed by atoms with van der Waals surface area (Å²) in [7, 11) is 0. The Labute approximate surface area is 163 Å². The number of likely N-dealkylation sites (tertiary alicyclic amines) is 1. The molecule has 1 fully saturated rings. The second-order valence-corrected chi connectivity index (χ2v) is 7.19. The van der Waals surface area contributed by atoms with Gasteiger partial charge in [-0.3, -0.25) is 9.89 Å². The number of carbonyl (C=O) groups excluding carboxylic acids is 1. The molecule has 0 atom stereocenters. The number of rotatable bonds is 5. The van der Waals surface area contributed by atoms with Gasteiger partial charge in [0.2, 0.25) is 5.91 Å². The van der Waals surface area contributed by atoms with Crippen molar-refractivity contribution in [2.24, 2.45) is 0 Å². The molecule has 3 aromatic rings. The number of benzene rings is 2. The fourth-order valence-corrected chi connectivity index (χ4v) is 3.64. The van der Waals surface area contributed by atoms with Crippen molar-refractivity contribution in [1.29, 1.82) is 0 Å². The normalized spacial score (nSPS) is 15.0. The van der Waals surface area contributed by atoms with Crippen LogP contribution in [0.5, 0.6) is 0 Å². The fourth-order valence-electron chi connectivity index (χ4n) is 3.64. The smallest absolute Gasteiger partial charge is 0.222 e. The van der Waals surface area contributed by atoms with Crippen molar-refractivity contribution in [3.8, 4) is 11.4 Å². The van der Waals surface area contributed by atoms with Crippen molar-refractivity contribution in [2.75, 3.05) is 13.1 Å². The molecule has 5 nitrogen and oxygen atoms in total. The van der Waals surface area contributed by atoms with Gasteiger partial charge < -0.3 is 4.90 Å². The molecule has 1 aromatic heterocycles. The van der Waals surface area contributed by atoms with E-state index in [0.29, 0.717) is 12.2 Å². The number of aryl methyl sites for hydroxylation is 1. The number of H-pyrrole nitrogens is 1. The van der Waals surface area contributed by atoms with Crippen LogP contribution in [0.15, 0.2) is 54.6 Å². The van der Waals surface area contributed by atoms with Crippen molar-refractivity contribution in [3.05, 3.63) is 71.8 Å². The second kappa shape index (κ2) is 8.33. The number of nitrogens with zero attached hydrogens (tertiary/aromatic N) is 3. The van der Waals surface area contributed by atoms with E-state index in [1.54, 1.807) is 12.1 Å². The van der Waals surface area contributed by atoms with Gasteiger partial charge in [0, 0.05) is 31.0 Å². The van der Waals surface area contributed by atoms with E-state index in [4.69, 9.17) is 0 Å². The average Bonchev–Trinajstić information content (AvgIpc) is 3.24. The van der Waals surface area contributed by atoms with E-state index >= 15 is 0 Å². The molecule has 1 N–H and O–H groups in total. The molecule has 0 spiro atoms. The number of hydrogen-bond donors (Lipinski definition) is 1. The summed E-state index contributed by atoms with van der Waals surface area (Å²) in [4.78, 5) is 19.0. The Hall–Kier alpha value is -3.02. The lowest BCUT2D eigenvalue weighted by Crippen LogP contribution is -2.38. The Bertz CT molecular complexity index is 915. The highest BCUT2D eigenvalue weighted by molar-refractivity contribution is 5.76. The van der Waals surface area contributed by atoms with Crippen molar-refractivity contribution in [2.45, 2.75) is 31.6 Å². The monoisotopic (exact) mass is 378 g/mol. The van der Waals surface area contributed by atoms with Gasteiger partial charge >= 0.3 is 0 Å². The van der Waals surface area contributed by atoms with Gasteiger partial charge in [0.1, 0.15) is 11.6 Å². The molecule has 2 aromatic carbocycles. The molecule has 4 rings (SSSR count). The standard InChI is InChI=1S/C22H23FN4O/c23-19-9-7-17(8-10-19)21-24-22(26-25-21)18-12-14-27(15-13-18)20(28)11-6-16-4-2-1-3-5-16/h1-5,7-10,18H,6,11-15H2,(H,24,25,26). The Morgan fingerprint density at radius 3 is 2.50 bits per heavy atom. The lowest BCUT2D eigenvalue weighted by molar-refractivity contribution is -0.132. The fraction of sp³-hybridized carbons (Fsp3) is 0.318. The first kappa shape index (κ1) is 18.3. The van der Waals surface area contributed by atoms with Gasteiger partial charge in [-0.2, -0.15) is 5.10 Å². The molecule has 6 heteroatoms. The van der Waals surface area contributed by atoms with Crippen LogP contribution in [0.4, 0.5) is 4.39 Å². The minimum atomic E-state index is -0.274. The van der Waals surface area contributed by atoms with Gasteiger partial charge in [-0.05, 0) is 49.1 Å². The minimum Gasteiger partial charge on any atom is -0.343 e. The summed E-state index contributed by atoms with van der Waals surface area (Å²) in [5.41, 5.74) is 1.98. The topological polar surface area (TPSA) is 61.9 Å². The average molecular weight is 378 g/mol. The minimum absolute atomic E-state index is 0.215. The summed E-state index contributed by atoms with van der Waals surface area (Å²) >= 11 is 0. The third-order valence-electron chi connectivity index (χ3n) is 5.31. The van der Waals surface area contributed by atoms with Crippen molar-refractivity contribution >= 4 is 5.91 Å². The van der Waals surface area contributed by atoms with Gasteiger partial charge in [-0.15, -0.1) is 0 Å². The molecule has 1 saturated heterocycles. The van der Waals surface area contributed by atoms with Crippen LogP contribution in [0.2, 0.25) is 0 Å². The van der Waals surface area contributed by atoms with Crippen molar-refractivity contribution in [3.63, 3.8) is 0 Å². The Morgan fingerprint density at radius 1 is 1.07 bits per heavy atom. The molecule has 0 saturated carbocycles. The summed E-state index contributed by atoms with van der Waals surface area (Å²) in [5, 5.41) is 7.29. The molecule has 2 heterocycles. The highest BCUT2D eigenvalue weighted by Gasteiger charge is 2.26. The third-order valence-corrected chi connectivity index (χ3v) is 5.31. The zero-order chi connectivity index (χ0) is 19.3. The summed E-state index contributed by atoms with van der Waals surface area (Å²) < 4.78 is 13.1. The number of aromatic nitrogens is 3. The quantitative estimate of drug-likeness (QED) is 0.731. The van der Waals surface area contributed by atoms with Gasteiger partial charge in [0.25, 0.3) is 0 Å². The third kappa shape index (κ3) is 4.27. The van der Waals surface area contributed by atoms with Crippen LogP contribution in [0.3, 0.4) is 0 Å². The van der Waals surface area contributed by atoms with E-state index < -0.39 is 0 Å². The SMILES string of the molecule is O=C(CCc1ccccc1)N1CCC(c2nc(-c3ccc(F)cc3)n[nH]2)CC1. The number of hydrogen-bond acceptors (Lipinski definition) is 3. The summed E-state index contributed by atoms with van der Waals surface area (Å²) in [6.45, 7) is 1.48. The number of halogens is 1. The molecule has 1 aliphatic rings. The lowest BCUT2D eigenvalue weighted by Gasteiger charge is -2.31. The Kier molecular flexibility index (Phi) is 5.46. The van der Waals surface area contributed by atoms with Gasteiger partial charge in [-0.25, -0.2) is 9.37 Å². The first-order chi connectivity index (χ1) is 13.7. The maximum atomic E-state index is 13.1. The molecule has 0 unspecified atom stereocenters. The van der Waals surface area contributed by atoms with E-state index in [1.165, 1.54) is 17.7 Å². The zero-order valence-electron chi connectivity index (χ0n) is 15.6. The Balaban J connectivity index is 1.30. The van der Waals surface area contributed by atoms with Crippen LogP contribution in [0.25, 0.3) is 11.4 Å². The van der Waals surface area contributed by atoms with Crippen LogP contribution in [-0.4, -0.2) is 39.1 Å². The predicted octanol–water partition coefficient (Wildman–Crippen LogP) is 3.95. The van der Waals surface area contributed by atoms with Gasteiger partial charge in [0.15, 0.2) is 5.82 Å². The van der Waals surface area contributed by atoms with E-state index in [2.05, 4.69) is 27.3 Å². The molecule has 1 amide bonds. The van der Waals surface area contributed by atoms with Crippen molar-refractivity contribution in [1.82, 2.24) is 20.1 Å². The summed E-state index contributed by atoms with van der Waals surface area (Å²) in [5.74, 6) is 1.63. The molecule has 1 aliphatic heterocycles. The zero-order valence-corrected chi connectivity index (χ0v) is 15.6. The molecule has 0 bridgehead atoms. The number of carbonyl (C=O) groups is 1. The van der Waals surface area contributed by atoms with Crippen LogP contribution in [0.1, 0.15) is 36.6 Å². The van der Waals surface area contributed by atoms with Gasteiger partial charge in [0.05, 0.1) is 0 Å². The highest BCUT2D eigenvalue weighted by Crippen LogP contribution is 2.27. The van der Waals surface area contributed by atoms with Crippen LogP contribution < -0.4 is 0 Å². The lowest BCUT2D eigenvalue weighted by atomic mass is 9.95. The predicted molar refractivity (Wildman–Crippen MR) is 105 cm³/mol. The molecular formula is C22H23FN4O. The number of nitrogens with one attached hydrogen (secondary N) is 1. The van der Waals surface area contributed by atoms with Crippen LogP contribution >= 0.6 is 0 Å².